The van der Waals surface area contributed by atoms with Crippen LogP contribution in [0.2, 0.25) is 10.0 Å². The first-order chi connectivity index (χ1) is 17.3. The number of amides is 1. The molecule has 1 aliphatic carbocycles. The lowest BCUT2D eigenvalue weighted by atomic mass is 9.92. The van der Waals surface area contributed by atoms with Crippen LogP contribution in [0.5, 0.6) is 0 Å². The van der Waals surface area contributed by atoms with Crippen molar-refractivity contribution in [2.45, 2.75) is 69.4 Å². The van der Waals surface area contributed by atoms with Crippen molar-refractivity contribution in [1.82, 2.24) is 10.2 Å². The van der Waals surface area contributed by atoms with Gasteiger partial charge in [0.05, 0.1) is 27.1 Å². The maximum atomic E-state index is 13.2. The third kappa shape index (κ3) is 8.26. The predicted octanol–water partition coefficient (Wildman–Crippen LogP) is 8.09. The second-order valence-electron chi connectivity index (χ2n) is 9.42. The van der Waals surface area contributed by atoms with Crippen LogP contribution in [0.15, 0.2) is 36.4 Å². The third-order valence-corrected chi connectivity index (χ3v) is 7.48. The highest BCUT2D eigenvalue weighted by Gasteiger charge is 2.37. The number of carbonyl (C=O) groups is 1. The van der Waals surface area contributed by atoms with Gasteiger partial charge in [-0.1, -0.05) is 48.5 Å². The van der Waals surface area contributed by atoms with E-state index in [1.54, 1.807) is 18.2 Å². The van der Waals surface area contributed by atoms with Gasteiger partial charge in [0.25, 0.3) is 0 Å². The lowest BCUT2D eigenvalue weighted by molar-refractivity contribution is -0.143. The van der Waals surface area contributed by atoms with Crippen LogP contribution < -0.4 is 5.32 Å². The van der Waals surface area contributed by atoms with Crippen LogP contribution in [0.25, 0.3) is 0 Å². The van der Waals surface area contributed by atoms with E-state index in [2.05, 4.69) is 10.2 Å². The van der Waals surface area contributed by atoms with E-state index in [0.717, 1.165) is 25.7 Å². The molecule has 1 amide bonds. The molecule has 1 fully saturated rings. The smallest absolute Gasteiger partial charge is 0.351 e. The Kier molecular flexibility index (Phi) is 9.80. The Balaban J connectivity index is 1.80. The number of carbonyl (C=O) groups excluding carboxylic acids is 1. The third-order valence-electron chi connectivity index (χ3n) is 6.75. The van der Waals surface area contributed by atoms with Gasteiger partial charge in [0, 0.05) is 12.6 Å². The number of rotatable bonds is 8. The molecule has 1 saturated carbocycles. The van der Waals surface area contributed by atoms with Crippen LogP contribution in [0.1, 0.15) is 66.7 Å². The molecule has 1 aliphatic rings. The molecule has 0 radical (unpaired) electrons. The van der Waals surface area contributed by atoms with Crippen molar-refractivity contribution in [2.24, 2.45) is 0 Å². The Morgan fingerprint density at radius 3 is 2.08 bits per heavy atom. The molecule has 3 nitrogen and oxygen atoms in total. The first-order valence-corrected chi connectivity index (χ1v) is 12.7. The van der Waals surface area contributed by atoms with Crippen molar-refractivity contribution >= 4 is 29.1 Å². The van der Waals surface area contributed by atoms with Gasteiger partial charge in [0.15, 0.2) is 0 Å². The number of hydrogen-bond donors (Lipinski definition) is 1. The lowest BCUT2D eigenvalue weighted by Gasteiger charge is -2.32. The summed E-state index contributed by atoms with van der Waals surface area (Å²) in [6.07, 6.45) is -3.93. The Morgan fingerprint density at radius 2 is 1.54 bits per heavy atom. The molecule has 0 aromatic heterocycles. The van der Waals surface area contributed by atoms with E-state index in [4.69, 9.17) is 23.2 Å². The molecule has 3 rings (SSSR count). The zero-order valence-electron chi connectivity index (χ0n) is 20.2. The second-order valence-corrected chi connectivity index (χ2v) is 10.2. The highest BCUT2D eigenvalue weighted by atomic mass is 35.5. The molecule has 0 heterocycles. The fraction of sp³-hybridized carbons (Fsp3) is 0.500. The molecule has 0 spiro atoms. The van der Waals surface area contributed by atoms with E-state index in [9.17, 15) is 31.1 Å². The van der Waals surface area contributed by atoms with Gasteiger partial charge in [-0.05, 0) is 74.3 Å². The molecule has 11 heteroatoms. The van der Waals surface area contributed by atoms with Gasteiger partial charge < -0.3 is 10.2 Å². The highest BCUT2D eigenvalue weighted by molar-refractivity contribution is 6.42. The Bertz CT molecular complexity index is 1050. The van der Waals surface area contributed by atoms with Crippen LogP contribution in [0.4, 0.5) is 26.3 Å². The molecular weight excluding hydrogens is 541 g/mol. The first-order valence-electron chi connectivity index (χ1n) is 12.0. The quantitative estimate of drug-likeness (QED) is 0.326. The van der Waals surface area contributed by atoms with Crippen LogP contribution in [0, 0.1) is 0 Å². The van der Waals surface area contributed by atoms with Gasteiger partial charge in [0.2, 0.25) is 5.91 Å². The molecule has 0 bridgehead atoms. The lowest BCUT2D eigenvalue weighted by Crippen LogP contribution is -2.36. The molecule has 2 aromatic carbocycles. The predicted molar refractivity (Wildman–Crippen MR) is 132 cm³/mol. The minimum atomic E-state index is -4.97. The fourth-order valence-corrected chi connectivity index (χ4v) is 4.96. The van der Waals surface area contributed by atoms with Gasteiger partial charge in [0.1, 0.15) is 0 Å². The van der Waals surface area contributed by atoms with E-state index >= 15 is 0 Å². The average molecular weight is 569 g/mol. The Morgan fingerprint density at radius 1 is 0.946 bits per heavy atom. The number of nitrogens with zero attached hydrogens (tertiary/aromatic N) is 1. The summed E-state index contributed by atoms with van der Waals surface area (Å²) < 4.78 is 79.2. The number of alkyl halides is 6. The number of hydrogen-bond acceptors (Lipinski definition) is 2. The van der Waals surface area contributed by atoms with Gasteiger partial charge >= 0.3 is 12.4 Å². The molecular formula is C26H28Cl2F6N2O. The zero-order valence-corrected chi connectivity index (χ0v) is 21.7. The summed E-state index contributed by atoms with van der Waals surface area (Å²) >= 11 is 12.2. The maximum Gasteiger partial charge on any atom is 0.416 e. The van der Waals surface area contributed by atoms with Crippen molar-refractivity contribution in [3.05, 3.63) is 68.7 Å². The van der Waals surface area contributed by atoms with Crippen LogP contribution in [-0.2, 0) is 23.7 Å². The average Bonchev–Trinajstić information content (AvgIpc) is 2.84. The van der Waals surface area contributed by atoms with Gasteiger partial charge in [-0.3, -0.25) is 4.79 Å². The van der Waals surface area contributed by atoms with Crippen molar-refractivity contribution in [1.29, 1.82) is 0 Å². The van der Waals surface area contributed by atoms with Gasteiger partial charge in [-0.2, -0.15) is 26.3 Å². The molecule has 0 aliphatic heterocycles. The van der Waals surface area contributed by atoms with Crippen LogP contribution in [0.3, 0.4) is 0 Å². The van der Waals surface area contributed by atoms with E-state index in [0.29, 0.717) is 41.7 Å². The molecule has 0 saturated heterocycles. The number of benzene rings is 2. The normalized spacial score (nSPS) is 16.2. The topological polar surface area (TPSA) is 32.3 Å². The molecule has 2 aromatic rings. The zero-order chi connectivity index (χ0) is 27.4. The van der Waals surface area contributed by atoms with E-state index < -0.39 is 41.8 Å². The summed E-state index contributed by atoms with van der Waals surface area (Å²) in [6.45, 7) is 0.0763. The summed E-state index contributed by atoms with van der Waals surface area (Å²) in [5.41, 5.74) is -2.60. The van der Waals surface area contributed by atoms with Crippen molar-refractivity contribution in [3.8, 4) is 0 Å². The van der Waals surface area contributed by atoms with E-state index in [1.807, 2.05) is 7.05 Å². The van der Waals surface area contributed by atoms with Crippen LogP contribution >= 0.6 is 23.2 Å². The molecule has 1 atom stereocenters. The molecule has 37 heavy (non-hydrogen) atoms. The van der Waals surface area contributed by atoms with E-state index in [1.165, 1.54) is 6.42 Å². The SMILES string of the molecule is CN(CCC(C(=O)NCc1cc(C(F)(F)F)cc(C(F)(F)F)c1)c1ccc(Cl)c(Cl)c1)C1CCCCC1. The standard InChI is InChI=1S/C26H28Cl2F6N2O/c1-36(20-5-3-2-4-6-20)10-9-21(17-7-8-22(27)23(28)13-17)24(37)35-15-16-11-18(25(29,30)31)14-19(12-16)26(32,33)34/h7-8,11-14,20-21H,2-6,9-10,15H2,1H3,(H,35,37). The Labute approximate surface area is 222 Å². The molecule has 204 valence electrons. The minimum Gasteiger partial charge on any atom is -0.351 e. The van der Waals surface area contributed by atoms with Gasteiger partial charge in [-0.15, -0.1) is 0 Å². The minimum absolute atomic E-state index is 0.0604. The monoisotopic (exact) mass is 568 g/mol. The Hall–Kier alpha value is -1.97. The number of halogens is 8. The summed E-state index contributed by atoms with van der Waals surface area (Å²) in [7, 11) is 1.99. The van der Waals surface area contributed by atoms with Gasteiger partial charge in [-0.25, -0.2) is 0 Å². The molecule has 1 N–H and O–H groups in total. The van der Waals surface area contributed by atoms with Crippen LogP contribution in [-0.4, -0.2) is 30.4 Å². The summed E-state index contributed by atoms with van der Waals surface area (Å²) in [5, 5.41) is 3.06. The summed E-state index contributed by atoms with van der Waals surface area (Å²) in [4.78, 5) is 15.4. The van der Waals surface area contributed by atoms with Crippen molar-refractivity contribution in [2.75, 3.05) is 13.6 Å². The number of nitrogens with one attached hydrogen (secondary N) is 1. The summed E-state index contributed by atoms with van der Waals surface area (Å²) in [6, 6.07) is 6.43. The largest absolute Gasteiger partial charge is 0.416 e. The summed E-state index contributed by atoms with van der Waals surface area (Å²) in [5.74, 6) is -1.25. The maximum absolute atomic E-state index is 13.2. The fourth-order valence-electron chi connectivity index (χ4n) is 4.65. The second kappa shape index (κ2) is 12.3. The first kappa shape index (κ1) is 29.6. The van der Waals surface area contributed by atoms with Crippen molar-refractivity contribution in [3.63, 3.8) is 0 Å². The van der Waals surface area contributed by atoms with E-state index in [-0.39, 0.29) is 16.7 Å². The molecule has 1 unspecified atom stereocenters. The van der Waals surface area contributed by atoms with Crippen molar-refractivity contribution < 1.29 is 31.1 Å². The highest BCUT2D eigenvalue weighted by Crippen LogP contribution is 2.36.